The number of hydrogen-bond acceptors (Lipinski definition) is 7. The van der Waals surface area contributed by atoms with Crippen LogP contribution in [0.4, 0.5) is 5.69 Å². The van der Waals surface area contributed by atoms with Crippen LogP contribution < -0.4 is 14.4 Å². The Balaban J connectivity index is 1.37. The molecule has 1 aliphatic heterocycles. The van der Waals surface area contributed by atoms with E-state index in [0.29, 0.717) is 18.0 Å². The second-order valence-electron chi connectivity index (χ2n) is 9.58. The number of sulfonamides is 1. The molecule has 2 heterocycles. The fourth-order valence-corrected chi connectivity index (χ4v) is 6.04. The van der Waals surface area contributed by atoms with Gasteiger partial charge in [-0.1, -0.05) is 6.07 Å². The van der Waals surface area contributed by atoms with Gasteiger partial charge in [-0.05, 0) is 79.1 Å². The molecule has 1 amide bonds. The lowest BCUT2D eigenvalue weighted by Crippen LogP contribution is -2.37. The average molecular weight is 525 g/mol. The van der Waals surface area contributed by atoms with Crippen LogP contribution in [-0.2, 0) is 21.3 Å². The molecule has 2 aliphatic rings. The number of rotatable bonds is 9. The zero-order chi connectivity index (χ0) is 26.0. The van der Waals surface area contributed by atoms with Crippen molar-refractivity contribution in [3.8, 4) is 5.75 Å². The standard InChI is InChI=1S/C27H32N4O5S/c1-35-23-10-14-30(15-11-23)22-8-9-25(36-2)26(17-22)37(33,34)29-27(32)20-6-7-21(18-31-13-3-12-28-31)24(16-20)19-4-5-19/h3,6-9,12-13,16-17,19,23H,4-5,10-11,14-15,18H2,1-2H3,(H,29,32). The normalized spacial score (nSPS) is 16.5. The molecule has 10 heteroatoms. The number of hydrogen-bond donors (Lipinski definition) is 1. The summed E-state index contributed by atoms with van der Waals surface area (Å²) < 4.78 is 41.6. The zero-order valence-electron chi connectivity index (χ0n) is 21.1. The van der Waals surface area contributed by atoms with Crippen LogP contribution in [0.1, 0.15) is 53.1 Å². The van der Waals surface area contributed by atoms with E-state index in [1.165, 1.54) is 7.11 Å². The van der Waals surface area contributed by atoms with Gasteiger partial charge in [0.2, 0.25) is 0 Å². The molecule has 0 bridgehead atoms. The summed E-state index contributed by atoms with van der Waals surface area (Å²) in [5.74, 6) is -0.0982. The summed E-state index contributed by atoms with van der Waals surface area (Å²) in [7, 11) is -1.06. The Morgan fingerprint density at radius 3 is 2.51 bits per heavy atom. The summed E-state index contributed by atoms with van der Waals surface area (Å²) >= 11 is 0. The van der Waals surface area contributed by atoms with Crippen molar-refractivity contribution in [1.29, 1.82) is 0 Å². The summed E-state index contributed by atoms with van der Waals surface area (Å²) in [4.78, 5) is 15.2. The Hall–Kier alpha value is -3.37. The molecule has 3 aromatic rings. The molecule has 2 aromatic carbocycles. The molecule has 196 valence electrons. The van der Waals surface area contributed by atoms with Crippen molar-refractivity contribution in [3.63, 3.8) is 0 Å². The number of nitrogens with one attached hydrogen (secondary N) is 1. The lowest BCUT2D eigenvalue weighted by Gasteiger charge is -2.33. The molecule has 1 saturated carbocycles. The monoisotopic (exact) mass is 524 g/mol. The molecule has 0 radical (unpaired) electrons. The second kappa shape index (κ2) is 10.5. The molecule has 1 saturated heterocycles. The van der Waals surface area contributed by atoms with Crippen molar-refractivity contribution in [1.82, 2.24) is 14.5 Å². The van der Waals surface area contributed by atoms with Crippen molar-refractivity contribution < 1.29 is 22.7 Å². The Morgan fingerprint density at radius 2 is 1.86 bits per heavy atom. The zero-order valence-corrected chi connectivity index (χ0v) is 21.9. The molecular formula is C27H32N4O5S. The van der Waals surface area contributed by atoms with Crippen LogP contribution in [0.25, 0.3) is 0 Å². The molecule has 0 unspecified atom stereocenters. The number of carbonyl (C=O) groups excluding carboxylic acids is 1. The number of anilines is 1. The predicted molar refractivity (Wildman–Crippen MR) is 140 cm³/mol. The van der Waals surface area contributed by atoms with Gasteiger partial charge in [0.1, 0.15) is 10.6 Å². The average Bonchev–Trinajstić information content (AvgIpc) is 3.64. The molecule has 0 atom stereocenters. The van der Waals surface area contributed by atoms with E-state index in [1.807, 2.05) is 35.1 Å². The van der Waals surface area contributed by atoms with Gasteiger partial charge in [-0.25, -0.2) is 13.1 Å². The molecule has 9 nitrogen and oxygen atoms in total. The van der Waals surface area contributed by atoms with Gasteiger partial charge in [0, 0.05) is 43.8 Å². The maximum Gasteiger partial charge on any atom is 0.268 e. The van der Waals surface area contributed by atoms with E-state index in [1.54, 1.807) is 31.5 Å². The molecule has 1 aromatic heterocycles. The van der Waals surface area contributed by atoms with Crippen molar-refractivity contribution in [2.24, 2.45) is 0 Å². The summed E-state index contributed by atoms with van der Waals surface area (Å²) in [5, 5.41) is 4.27. The first-order chi connectivity index (χ1) is 17.9. The Labute approximate surface area is 217 Å². The fourth-order valence-electron chi connectivity index (χ4n) is 4.88. The third-order valence-corrected chi connectivity index (χ3v) is 8.47. The number of piperidine rings is 1. The first-order valence-corrected chi connectivity index (χ1v) is 14.0. The minimum absolute atomic E-state index is 0.0626. The minimum atomic E-state index is -4.19. The van der Waals surface area contributed by atoms with E-state index < -0.39 is 15.9 Å². The molecule has 1 aliphatic carbocycles. The van der Waals surface area contributed by atoms with Gasteiger partial charge in [-0.3, -0.25) is 9.48 Å². The highest BCUT2D eigenvalue weighted by molar-refractivity contribution is 7.90. The SMILES string of the molecule is COc1ccc(N2CCC(OC)CC2)cc1S(=O)(=O)NC(=O)c1ccc(Cn2cccn2)c(C2CC2)c1. The molecule has 37 heavy (non-hydrogen) atoms. The molecule has 2 fully saturated rings. The van der Waals surface area contributed by atoms with Crippen molar-refractivity contribution >= 4 is 21.6 Å². The highest BCUT2D eigenvalue weighted by Crippen LogP contribution is 2.42. The van der Waals surface area contributed by atoms with E-state index in [0.717, 1.165) is 55.6 Å². The van der Waals surface area contributed by atoms with Crippen LogP contribution in [0.15, 0.2) is 59.8 Å². The van der Waals surface area contributed by atoms with Crippen LogP contribution in [0.2, 0.25) is 0 Å². The minimum Gasteiger partial charge on any atom is -0.495 e. The number of aromatic nitrogens is 2. The number of methoxy groups -OCH3 is 2. The van der Waals surface area contributed by atoms with Gasteiger partial charge >= 0.3 is 0 Å². The lowest BCUT2D eigenvalue weighted by atomic mass is 10.00. The molecule has 1 N–H and O–H groups in total. The maximum absolute atomic E-state index is 13.4. The number of amides is 1. The van der Waals surface area contributed by atoms with Crippen LogP contribution in [0, 0.1) is 0 Å². The quantitative estimate of drug-likeness (QED) is 0.457. The maximum atomic E-state index is 13.4. The van der Waals surface area contributed by atoms with E-state index in [-0.39, 0.29) is 16.7 Å². The van der Waals surface area contributed by atoms with Gasteiger partial charge in [0.05, 0.1) is 19.8 Å². The Morgan fingerprint density at radius 1 is 1.08 bits per heavy atom. The van der Waals surface area contributed by atoms with Crippen LogP contribution >= 0.6 is 0 Å². The molecule has 5 rings (SSSR count). The number of nitrogens with zero attached hydrogens (tertiary/aromatic N) is 3. The topological polar surface area (TPSA) is 103 Å². The summed E-state index contributed by atoms with van der Waals surface area (Å²) in [5.41, 5.74) is 3.23. The van der Waals surface area contributed by atoms with Gasteiger partial charge in [0.25, 0.3) is 15.9 Å². The van der Waals surface area contributed by atoms with Gasteiger partial charge in [0.15, 0.2) is 0 Å². The van der Waals surface area contributed by atoms with E-state index in [4.69, 9.17) is 9.47 Å². The van der Waals surface area contributed by atoms with E-state index >= 15 is 0 Å². The number of ether oxygens (including phenoxy) is 2. The summed E-state index contributed by atoms with van der Waals surface area (Å²) in [6, 6.07) is 12.3. The van der Waals surface area contributed by atoms with Crippen molar-refractivity contribution in [2.75, 3.05) is 32.2 Å². The smallest absolute Gasteiger partial charge is 0.268 e. The number of benzene rings is 2. The second-order valence-corrected chi connectivity index (χ2v) is 11.2. The van der Waals surface area contributed by atoms with Gasteiger partial charge in [-0.2, -0.15) is 5.10 Å². The van der Waals surface area contributed by atoms with Crippen molar-refractivity contribution in [3.05, 3.63) is 71.5 Å². The third-order valence-electron chi connectivity index (χ3n) is 7.12. The molecular weight excluding hydrogens is 492 g/mol. The van der Waals surface area contributed by atoms with Crippen LogP contribution in [-0.4, -0.2) is 57.5 Å². The van der Waals surface area contributed by atoms with E-state index in [9.17, 15) is 13.2 Å². The Bertz CT molecular complexity index is 1360. The summed E-state index contributed by atoms with van der Waals surface area (Å²) in [6.07, 6.45) is 7.67. The van der Waals surface area contributed by atoms with Gasteiger partial charge in [-0.15, -0.1) is 0 Å². The third kappa shape index (κ3) is 5.65. The first kappa shape index (κ1) is 25.3. The Kier molecular flexibility index (Phi) is 7.21. The molecule has 0 spiro atoms. The largest absolute Gasteiger partial charge is 0.495 e. The van der Waals surface area contributed by atoms with E-state index in [2.05, 4.69) is 14.7 Å². The predicted octanol–water partition coefficient (Wildman–Crippen LogP) is 3.55. The highest BCUT2D eigenvalue weighted by atomic mass is 32.2. The summed E-state index contributed by atoms with van der Waals surface area (Å²) in [6.45, 7) is 2.11. The van der Waals surface area contributed by atoms with Crippen molar-refractivity contribution in [2.45, 2.75) is 49.1 Å². The van der Waals surface area contributed by atoms with Crippen LogP contribution in [0.5, 0.6) is 5.75 Å². The van der Waals surface area contributed by atoms with Crippen LogP contribution in [0.3, 0.4) is 0 Å². The van der Waals surface area contributed by atoms with Gasteiger partial charge < -0.3 is 14.4 Å². The number of carbonyl (C=O) groups is 1. The first-order valence-electron chi connectivity index (χ1n) is 12.5. The highest BCUT2D eigenvalue weighted by Gasteiger charge is 2.29. The fraction of sp³-hybridized carbons (Fsp3) is 0.407. The lowest BCUT2D eigenvalue weighted by molar-refractivity contribution is 0.0819.